The molecule has 1 aliphatic rings. The number of carbonyl (C=O) groups excluding carboxylic acids is 1. The molecule has 0 bridgehead atoms. The van der Waals surface area contributed by atoms with Crippen LogP contribution < -0.4 is 0 Å². The molecule has 0 radical (unpaired) electrons. The van der Waals surface area contributed by atoms with Crippen molar-refractivity contribution in [1.29, 1.82) is 0 Å². The Morgan fingerprint density at radius 3 is 2.77 bits per heavy atom. The molecule has 3 aromatic rings. The van der Waals surface area contributed by atoms with Crippen LogP contribution in [0.4, 0.5) is 0 Å². The molecule has 0 aliphatic heterocycles. The lowest BCUT2D eigenvalue weighted by Crippen LogP contribution is -2.19. The first kappa shape index (κ1) is 13.5. The van der Waals surface area contributed by atoms with E-state index in [9.17, 15) is 4.79 Å². The Morgan fingerprint density at radius 2 is 2.05 bits per heavy atom. The van der Waals surface area contributed by atoms with Gasteiger partial charge in [-0.2, -0.15) is 9.78 Å². The number of hydrogen-bond acceptors (Lipinski definition) is 3. The van der Waals surface area contributed by atoms with Crippen LogP contribution in [0.3, 0.4) is 0 Å². The van der Waals surface area contributed by atoms with Gasteiger partial charge in [-0.05, 0) is 17.0 Å². The van der Waals surface area contributed by atoms with Crippen LogP contribution in [0.15, 0.2) is 41.8 Å². The molecule has 2 aromatic heterocycles. The van der Waals surface area contributed by atoms with Gasteiger partial charge in [0.15, 0.2) is 0 Å². The minimum absolute atomic E-state index is 0.0516. The summed E-state index contributed by atoms with van der Waals surface area (Å²) in [6, 6.07) is 12.4. The van der Waals surface area contributed by atoms with E-state index in [4.69, 9.17) is 0 Å². The first-order chi connectivity index (χ1) is 10.7. The number of rotatable bonds is 2. The van der Waals surface area contributed by atoms with Crippen molar-refractivity contribution in [3.8, 4) is 21.8 Å². The zero-order chi connectivity index (χ0) is 15.3. The third-order valence-corrected chi connectivity index (χ3v) is 4.96. The van der Waals surface area contributed by atoms with Crippen molar-refractivity contribution >= 4 is 17.2 Å². The summed E-state index contributed by atoms with van der Waals surface area (Å²) < 4.78 is 1.63. The molecular weight excluding hydrogens is 292 g/mol. The van der Waals surface area contributed by atoms with Crippen LogP contribution in [-0.2, 0) is 6.42 Å². The number of hydrogen-bond donors (Lipinski definition) is 0. The van der Waals surface area contributed by atoms with Crippen LogP contribution in [0.1, 0.15) is 29.8 Å². The van der Waals surface area contributed by atoms with Crippen LogP contribution in [0.2, 0.25) is 0 Å². The number of aromatic nitrogens is 2. The third kappa shape index (κ3) is 1.87. The van der Waals surface area contributed by atoms with Gasteiger partial charge in [0, 0.05) is 23.5 Å². The van der Waals surface area contributed by atoms with E-state index in [0.717, 1.165) is 28.2 Å². The monoisotopic (exact) mass is 308 g/mol. The molecule has 0 amide bonds. The van der Waals surface area contributed by atoms with Crippen molar-refractivity contribution in [2.24, 2.45) is 5.92 Å². The molecule has 0 saturated heterocycles. The van der Waals surface area contributed by atoms with Crippen LogP contribution in [0, 0.1) is 5.92 Å². The Bertz CT molecular complexity index is 859. The van der Waals surface area contributed by atoms with E-state index in [1.807, 2.05) is 31.4 Å². The van der Waals surface area contributed by atoms with Gasteiger partial charge < -0.3 is 0 Å². The van der Waals surface area contributed by atoms with Gasteiger partial charge in [-0.1, -0.05) is 44.2 Å². The van der Waals surface area contributed by atoms with E-state index >= 15 is 0 Å². The van der Waals surface area contributed by atoms with Crippen molar-refractivity contribution in [1.82, 2.24) is 9.78 Å². The summed E-state index contributed by atoms with van der Waals surface area (Å²) in [7, 11) is 0. The molecule has 0 unspecified atom stereocenters. The van der Waals surface area contributed by atoms with Crippen molar-refractivity contribution in [2.45, 2.75) is 20.3 Å². The van der Waals surface area contributed by atoms with Gasteiger partial charge in [0.25, 0.3) is 0 Å². The highest BCUT2D eigenvalue weighted by Crippen LogP contribution is 2.42. The van der Waals surface area contributed by atoms with Crippen molar-refractivity contribution in [2.75, 3.05) is 0 Å². The van der Waals surface area contributed by atoms with Gasteiger partial charge in [-0.25, -0.2) is 0 Å². The number of thiophene rings is 1. The van der Waals surface area contributed by atoms with Crippen LogP contribution >= 0.6 is 11.3 Å². The zero-order valence-electron chi connectivity index (χ0n) is 12.5. The highest BCUT2D eigenvalue weighted by molar-refractivity contribution is 7.13. The van der Waals surface area contributed by atoms with Gasteiger partial charge in [0.05, 0.1) is 10.6 Å². The highest BCUT2D eigenvalue weighted by Gasteiger charge is 2.31. The molecular formula is C18H16N2OS. The predicted molar refractivity (Wildman–Crippen MR) is 89.2 cm³/mol. The Kier molecular flexibility index (Phi) is 3.01. The molecule has 3 nitrogen and oxygen atoms in total. The van der Waals surface area contributed by atoms with E-state index in [0.29, 0.717) is 0 Å². The van der Waals surface area contributed by atoms with Crippen LogP contribution in [0.25, 0.3) is 21.8 Å². The number of carbonyl (C=O) groups is 1. The molecule has 4 rings (SSSR count). The minimum atomic E-state index is -0.0760. The molecule has 0 spiro atoms. The summed E-state index contributed by atoms with van der Waals surface area (Å²) in [5, 5.41) is 6.72. The normalized spacial score (nSPS) is 12.5. The lowest BCUT2D eigenvalue weighted by Gasteiger charge is -2.08. The van der Waals surface area contributed by atoms with Crippen LogP contribution in [-0.4, -0.2) is 15.7 Å². The maximum Gasteiger partial charge on any atom is 0.249 e. The summed E-state index contributed by atoms with van der Waals surface area (Å²) >= 11 is 1.67. The Labute approximate surface area is 133 Å². The molecule has 1 aliphatic carbocycles. The fourth-order valence-electron chi connectivity index (χ4n) is 3.01. The Balaban J connectivity index is 1.98. The maximum atomic E-state index is 12.6. The topological polar surface area (TPSA) is 34.9 Å². The summed E-state index contributed by atoms with van der Waals surface area (Å²) in [6.45, 7) is 3.84. The molecule has 4 heteroatoms. The van der Waals surface area contributed by atoms with Gasteiger partial charge in [-0.3, -0.25) is 4.79 Å². The third-order valence-electron chi connectivity index (χ3n) is 4.08. The summed E-state index contributed by atoms with van der Waals surface area (Å²) in [4.78, 5) is 13.7. The van der Waals surface area contributed by atoms with E-state index < -0.39 is 0 Å². The molecule has 2 heterocycles. The Hall–Kier alpha value is -2.20. The van der Waals surface area contributed by atoms with Crippen LogP contribution in [0.5, 0.6) is 0 Å². The van der Waals surface area contributed by atoms with E-state index in [1.165, 1.54) is 11.1 Å². The fourth-order valence-corrected chi connectivity index (χ4v) is 3.74. The lowest BCUT2D eigenvalue weighted by molar-refractivity contribution is 0.0841. The Morgan fingerprint density at radius 1 is 1.23 bits per heavy atom. The average molecular weight is 308 g/mol. The summed E-state index contributed by atoms with van der Waals surface area (Å²) in [5.74, 6) is -0.0243. The molecule has 0 fully saturated rings. The summed E-state index contributed by atoms with van der Waals surface area (Å²) in [5.41, 5.74) is 5.53. The van der Waals surface area contributed by atoms with E-state index in [2.05, 4.69) is 29.4 Å². The number of fused-ring (bicyclic) bond motifs is 3. The molecule has 1 aromatic carbocycles. The smallest absolute Gasteiger partial charge is 0.249 e. The van der Waals surface area contributed by atoms with Gasteiger partial charge in [-0.15, -0.1) is 11.3 Å². The first-order valence-electron chi connectivity index (χ1n) is 7.45. The molecule has 22 heavy (non-hydrogen) atoms. The van der Waals surface area contributed by atoms with E-state index in [1.54, 1.807) is 16.0 Å². The number of benzene rings is 1. The predicted octanol–water partition coefficient (Wildman–Crippen LogP) is 4.48. The quantitative estimate of drug-likeness (QED) is 0.547. The average Bonchev–Trinajstić information content (AvgIpc) is 3.21. The fraction of sp³-hybridized carbons (Fsp3) is 0.222. The van der Waals surface area contributed by atoms with Crippen molar-refractivity contribution < 1.29 is 4.79 Å². The molecule has 0 saturated carbocycles. The maximum absolute atomic E-state index is 12.6. The van der Waals surface area contributed by atoms with Crippen molar-refractivity contribution in [3.63, 3.8) is 0 Å². The second-order valence-electron chi connectivity index (χ2n) is 5.89. The standard InChI is InChI=1S/C18H16N2OS/c1-11(2)18(21)20-17-13-7-4-3-6-12(13)10-14(17)16(19-20)15-8-5-9-22-15/h3-9,11H,10H2,1-2H3. The van der Waals surface area contributed by atoms with Crippen molar-refractivity contribution in [3.05, 3.63) is 52.9 Å². The lowest BCUT2D eigenvalue weighted by atomic mass is 10.1. The second-order valence-corrected chi connectivity index (χ2v) is 6.84. The number of nitrogens with zero attached hydrogens (tertiary/aromatic N) is 2. The van der Waals surface area contributed by atoms with Gasteiger partial charge in [0.2, 0.25) is 5.91 Å². The second kappa shape index (κ2) is 4.92. The first-order valence-corrected chi connectivity index (χ1v) is 8.33. The van der Waals surface area contributed by atoms with E-state index in [-0.39, 0.29) is 11.8 Å². The largest absolute Gasteiger partial charge is 0.272 e. The van der Waals surface area contributed by atoms with Gasteiger partial charge >= 0.3 is 0 Å². The molecule has 0 N–H and O–H groups in total. The molecule has 0 atom stereocenters. The molecule has 110 valence electrons. The SMILES string of the molecule is CC(C)C(=O)n1nc(-c2cccs2)c2c1-c1ccccc1C2. The zero-order valence-corrected chi connectivity index (χ0v) is 13.4. The summed E-state index contributed by atoms with van der Waals surface area (Å²) in [6.07, 6.45) is 0.851. The minimum Gasteiger partial charge on any atom is -0.272 e. The van der Waals surface area contributed by atoms with Gasteiger partial charge in [0.1, 0.15) is 5.69 Å². The highest BCUT2D eigenvalue weighted by atomic mass is 32.1.